The number of piperidine rings is 1. The zero-order valence-electron chi connectivity index (χ0n) is 12.6. The molecule has 0 radical (unpaired) electrons. The number of hydrogen-bond acceptors (Lipinski definition) is 3. The van der Waals surface area contributed by atoms with E-state index < -0.39 is 0 Å². The van der Waals surface area contributed by atoms with Gasteiger partial charge in [0.15, 0.2) is 0 Å². The molecular weight excluding hydrogens is 252 g/mol. The molecule has 0 aliphatic carbocycles. The molecule has 0 aromatic carbocycles. The van der Waals surface area contributed by atoms with Crippen molar-refractivity contribution in [1.29, 1.82) is 0 Å². The minimum Gasteiger partial charge on any atom is -0.309 e. The van der Waals surface area contributed by atoms with Gasteiger partial charge in [-0.3, -0.25) is 0 Å². The summed E-state index contributed by atoms with van der Waals surface area (Å²) in [5.74, 6) is 0.655. The SMILES string of the molecule is CC(C)C(NCCC1CCCCN1C)c1cccs1. The van der Waals surface area contributed by atoms with E-state index in [1.165, 1.54) is 37.1 Å². The van der Waals surface area contributed by atoms with E-state index in [9.17, 15) is 0 Å². The molecule has 1 aromatic heterocycles. The lowest BCUT2D eigenvalue weighted by molar-refractivity contribution is 0.173. The molecule has 108 valence electrons. The van der Waals surface area contributed by atoms with Crippen LogP contribution in [0.4, 0.5) is 0 Å². The molecule has 1 aromatic rings. The van der Waals surface area contributed by atoms with E-state index in [0.29, 0.717) is 12.0 Å². The molecule has 1 fully saturated rings. The predicted molar refractivity (Wildman–Crippen MR) is 84.8 cm³/mol. The van der Waals surface area contributed by atoms with Crippen LogP contribution in [0.15, 0.2) is 17.5 Å². The van der Waals surface area contributed by atoms with Crippen molar-refractivity contribution in [1.82, 2.24) is 10.2 Å². The Morgan fingerprint density at radius 3 is 2.89 bits per heavy atom. The fourth-order valence-corrected chi connectivity index (χ4v) is 4.02. The van der Waals surface area contributed by atoms with Crippen molar-refractivity contribution in [3.8, 4) is 0 Å². The number of thiophene rings is 1. The number of hydrogen-bond donors (Lipinski definition) is 1. The molecule has 2 rings (SSSR count). The van der Waals surface area contributed by atoms with Gasteiger partial charge in [0.05, 0.1) is 0 Å². The number of rotatable bonds is 6. The van der Waals surface area contributed by atoms with Crippen LogP contribution in [-0.2, 0) is 0 Å². The third-order valence-corrected chi connectivity index (χ3v) is 5.24. The van der Waals surface area contributed by atoms with Crippen LogP contribution >= 0.6 is 11.3 Å². The fraction of sp³-hybridized carbons (Fsp3) is 0.750. The topological polar surface area (TPSA) is 15.3 Å². The quantitative estimate of drug-likeness (QED) is 0.850. The maximum Gasteiger partial charge on any atom is 0.0438 e. The minimum absolute atomic E-state index is 0.522. The van der Waals surface area contributed by atoms with Gasteiger partial charge in [-0.1, -0.05) is 26.3 Å². The van der Waals surface area contributed by atoms with Crippen LogP contribution in [0.3, 0.4) is 0 Å². The van der Waals surface area contributed by atoms with Crippen LogP contribution in [0.1, 0.15) is 50.4 Å². The molecule has 2 nitrogen and oxygen atoms in total. The summed E-state index contributed by atoms with van der Waals surface area (Å²) in [6, 6.07) is 5.73. The van der Waals surface area contributed by atoms with Crippen molar-refractivity contribution < 1.29 is 0 Å². The normalized spacial score (nSPS) is 22.8. The van der Waals surface area contributed by atoms with Gasteiger partial charge in [0.25, 0.3) is 0 Å². The van der Waals surface area contributed by atoms with Gasteiger partial charge in [0, 0.05) is 17.0 Å². The largest absolute Gasteiger partial charge is 0.309 e. The predicted octanol–water partition coefficient (Wildman–Crippen LogP) is 3.91. The van der Waals surface area contributed by atoms with E-state index in [2.05, 4.69) is 48.6 Å². The summed E-state index contributed by atoms with van der Waals surface area (Å²) in [6.45, 7) is 7.03. The summed E-state index contributed by atoms with van der Waals surface area (Å²) < 4.78 is 0. The van der Waals surface area contributed by atoms with E-state index in [-0.39, 0.29) is 0 Å². The molecule has 0 spiro atoms. The molecule has 0 saturated carbocycles. The third-order valence-electron chi connectivity index (χ3n) is 4.28. The Morgan fingerprint density at radius 2 is 2.26 bits per heavy atom. The second-order valence-corrected chi connectivity index (χ2v) is 7.09. The van der Waals surface area contributed by atoms with Gasteiger partial charge < -0.3 is 10.2 Å². The van der Waals surface area contributed by atoms with Crippen molar-refractivity contribution in [2.24, 2.45) is 5.92 Å². The van der Waals surface area contributed by atoms with Crippen LogP contribution in [-0.4, -0.2) is 31.1 Å². The van der Waals surface area contributed by atoms with Gasteiger partial charge in [0.1, 0.15) is 0 Å². The third kappa shape index (κ3) is 4.30. The van der Waals surface area contributed by atoms with Crippen molar-refractivity contribution >= 4 is 11.3 Å². The highest BCUT2D eigenvalue weighted by Gasteiger charge is 2.20. The van der Waals surface area contributed by atoms with Crippen LogP contribution in [0.2, 0.25) is 0 Å². The second kappa shape index (κ2) is 7.41. The summed E-state index contributed by atoms with van der Waals surface area (Å²) in [5.41, 5.74) is 0. The Morgan fingerprint density at radius 1 is 1.42 bits per heavy atom. The summed E-state index contributed by atoms with van der Waals surface area (Å²) in [4.78, 5) is 4.02. The Kier molecular flexibility index (Phi) is 5.86. The molecule has 1 aliphatic heterocycles. The number of nitrogens with one attached hydrogen (secondary N) is 1. The number of nitrogens with zero attached hydrogens (tertiary/aromatic N) is 1. The van der Waals surface area contributed by atoms with Gasteiger partial charge in [-0.2, -0.15) is 0 Å². The lowest BCUT2D eigenvalue weighted by Gasteiger charge is -2.33. The fourth-order valence-electron chi connectivity index (χ4n) is 3.05. The molecule has 1 N–H and O–H groups in total. The molecule has 0 bridgehead atoms. The Bertz CT molecular complexity index is 348. The molecule has 2 unspecified atom stereocenters. The van der Waals surface area contributed by atoms with Crippen LogP contribution < -0.4 is 5.32 Å². The zero-order chi connectivity index (χ0) is 13.7. The van der Waals surface area contributed by atoms with E-state index >= 15 is 0 Å². The van der Waals surface area contributed by atoms with Crippen LogP contribution in [0.5, 0.6) is 0 Å². The summed E-state index contributed by atoms with van der Waals surface area (Å²) in [7, 11) is 2.28. The first-order chi connectivity index (χ1) is 9.18. The molecule has 2 atom stereocenters. The summed E-state index contributed by atoms with van der Waals surface area (Å²) in [5, 5.41) is 5.96. The van der Waals surface area contributed by atoms with Gasteiger partial charge in [-0.05, 0) is 56.8 Å². The molecule has 1 aliphatic rings. The maximum atomic E-state index is 3.77. The minimum atomic E-state index is 0.522. The smallest absolute Gasteiger partial charge is 0.0438 e. The lowest BCUT2D eigenvalue weighted by atomic mass is 9.99. The monoisotopic (exact) mass is 280 g/mol. The highest BCUT2D eigenvalue weighted by Crippen LogP contribution is 2.26. The van der Waals surface area contributed by atoms with Crippen LogP contribution in [0, 0.1) is 5.92 Å². The average molecular weight is 280 g/mol. The second-order valence-electron chi connectivity index (χ2n) is 6.11. The summed E-state index contributed by atoms with van der Waals surface area (Å²) >= 11 is 1.87. The van der Waals surface area contributed by atoms with Gasteiger partial charge in [-0.15, -0.1) is 11.3 Å². The lowest BCUT2D eigenvalue weighted by Crippen LogP contribution is -2.39. The van der Waals surface area contributed by atoms with E-state index in [0.717, 1.165) is 12.6 Å². The van der Waals surface area contributed by atoms with E-state index in [4.69, 9.17) is 0 Å². The first kappa shape index (κ1) is 15.0. The standard InChI is InChI=1S/C16H28N2S/c1-13(2)16(15-8-6-12-19-15)17-10-9-14-7-4-5-11-18(14)3/h6,8,12-14,16-17H,4-5,7,9-11H2,1-3H3. The maximum absolute atomic E-state index is 3.77. The molecule has 2 heterocycles. The first-order valence-corrected chi connectivity index (χ1v) is 8.53. The average Bonchev–Trinajstić information content (AvgIpc) is 2.89. The molecule has 1 saturated heterocycles. The van der Waals surface area contributed by atoms with E-state index in [1.54, 1.807) is 0 Å². The van der Waals surface area contributed by atoms with Crippen LogP contribution in [0.25, 0.3) is 0 Å². The zero-order valence-corrected chi connectivity index (χ0v) is 13.4. The molecule has 0 amide bonds. The van der Waals surface area contributed by atoms with Gasteiger partial charge in [-0.25, -0.2) is 0 Å². The Labute approximate surface area is 122 Å². The van der Waals surface area contributed by atoms with Crippen molar-refractivity contribution in [2.75, 3.05) is 20.1 Å². The molecular formula is C16H28N2S. The first-order valence-electron chi connectivity index (χ1n) is 7.65. The summed E-state index contributed by atoms with van der Waals surface area (Å²) in [6.07, 6.45) is 5.45. The van der Waals surface area contributed by atoms with Crippen molar-refractivity contribution in [3.63, 3.8) is 0 Å². The van der Waals surface area contributed by atoms with E-state index in [1.807, 2.05) is 11.3 Å². The number of likely N-dealkylation sites (tertiary alicyclic amines) is 1. The Hall–Kier alpha value is -0.380. The highest BCUT2D eigenvalue weighted by molar-refractivity contribution is 7.10. The Balaban J connectivity index is 1.79. The van der Waals surface area contributed by atoms with Crippen molar-refractivity contribution in [3.05, 3.63) is 22.4 Å². The van der Waals surface area contributed by atoms with Gasteiger partial charge >= 0.3 is 0 Å². The molecule has 3 heteroatoms. The molecule has 19 heavy (non-hydrogen) atoms. The van der Waals surface area contributed by atoms with Crippen molar-refractivity contribution in [2.45, 2.75) is 51.6 Å². The highest BCUT2D eigenvalue weighted by atomic mass is 32.1. The van der Waals surface area contributed by atoms with Gasteiger partial charge in [0.2, 0.25) is 0 Å².